The van der Waals surface area contributed by atoms with Crippen LogP contribution in [0.15, 0.2) is 12.2 Å². The topological polar surface area (TPSA) is 85.7 Å². The molecule has 0 saturated heterocycles. The first-order valence-corrected chi connectivity index (χ1v) is 10.8. The lowest BCUT2D eigenvalue weighted by molar-refractivity contribution is 0.274. The molecule has 0 spiro atoms. The highest BCUT2D eigenvalue weighted by Gasteiger charge is 2.17. The number of H-pyrrole nitrogens is 1. The van der Waals surface area contributed by atoms with Crippen molar-refractivity contribution in [2.24, 2.45) is 0 Å². The second-order valence-corrected chi connectivity index (χ2v) is 7.29. The van der Waals surface area contributed by atoms with Gasteiger partial charge in [-0.05, 0) is 32.1 Å². The highest BCUT2D eigenvalue weighted by Crippen LogP contribution is 2.42. The molecule has 0 saturated carbocycles. The zero-order chi connectivity index (χ0) is 19.7. The lowest BCUT2D eigenvalue weighted by atomic mass is 10.1. The van der Waals surface area contributed by atoms with Gasteiger partial charge in [-0.2, -0.15) is 0 Å². The fourth-order valence-electron chi connectivity index (χ4n) is 3.11. The second kappa shape index (κ2) is 15.3. The summed E-state index contributed by atoms with van der Waals surface area (Å²) in [6, 6.07) is 0. The van der Waals surface area contributed by atoms with Crippen LogP contribution in [0, 0.1) is 0 Å². The second-order valence-electron chi connectivity index (χ2n) is 7.29. The number of aromatic amines is 1. The van der Waals surface area contributed by atoms with Crippen LogP contribution in [0.25, 0.3) is 0 Å². The largest absolute Gasteiger partial charge is 0.500 e. The minimum Gasteiger partial charge on any atom is -0.500 e. The monoisotopic (exact) mass is 381 g/mol. The Labute approximate surface area is 164 Å². The molecule has 5 heteroatoms. The number of nitrogens with one attached hydrogen (secondary N) is 1. The van der Waals surface area contributed by atoms with Crippen LogP contribution in [0.2, 0.25) is 0 Å². The van der Waals surface area contributed by atoms with Gasteiger partial charge in [0.25, 0.3) is 0 Å². The van der Waals surface area contributed by atoms with Gasteiger partial charge in [0, 0.05) is 0 Å². The van der Waals surface area contributed by atoms with Crippen molar-refractivity contribution in [2.45, 2.75) is 96.8 Å². The molecule has 0 radical (unpaired) electrons. The predicted octanol–water partition coefficient (Wildman–Crippen LogP) is 6.55. The first kappa shape index (κ1) is 23.3. The van der Waals surface area contributed by atoms with Crippen molar-refractivity contribution in [1.29, 1.82) is 0 Å². The van der Waals surface area contributed by atoms with Gasteiger partial charge in [-0.3, -0.25) is 4.98 Å². The Bertz CT molecular complexity index is 511. The Morgan fingerprint density at radius 1 is 0.704 bits per heavy atom. The van der Waals surface area contributed by atoms with E-state index in [1.54, 1.807) is 0 Å². The van der Waals surface area contributed by atoms with Crippen molar-refractivity contribution in [2.75, 3.05) is 6.61 Å². The number of aromatic hydroxyl groups is 3. The van der Waals surface area contributed by atoms with E-state index in [9.17, 15) is 15.3 Å². The molecule has 1 aromatic heterocycles. The number of hydrogen-bond acceptors (Lipinski definition) is 4. The summed E-state index contributed by atoms with van der Waals surface area (Å²) in [7, 11) is 0. The maximum atomic E-state index is 9.48. The summed E-state index contributed by atoms with van der Waals surface area (Å²) in [6.45, 7) is 2.67. The van der Waals surface area contributed by atoms with Crippen LogP contribution in [-0.2, 0) is 0 Å². The van der Waals surface area contributed by atoms with Gasteiger partial charge < -0.3 is 20.1 Å². The molecule has 0 aliphatic rings. The summed E-state index contributed by atoms with van der Waals surface area (Å²) in [5.41, 5.74) is 0. The van der Waals surface area contributed by atoms with E-state index in [2.05, 4.69) is 24.1 Å². The minimum atomic E-state index is -0.469. The normalized spacial score (nSPS) is 11.4. The zero-order valence-electron chi connectivity index (χ0n) is 17.0. The lowest BCUT2D eigenvalue weighted by Crippen LogP contribution is -1.96. The van der Waals surface area contributed by atoms with Crippen molar-refractivity contribution in [1.82, 2.24) is 4.98 Å². The molecular weight excluding hydrogens is 342 g/mol. The van der Waals surface area contributed by atoms with Crippen molar-refractivity contribution in [3.8, 4) is 23.3 Å². The molecule has 0 fully saturated rings. The summed E-state index contributed by atoms with van der Waals surface area (Å²) in [4.78, 5) is 2.21. The third kappa shape index (κ3) is 10.8. The molecule has 0 bridgehead atoms. The molecule has 0 aliphatic carbocycles. The van der Waals surface area contributed by atoms with Gasteiger partial charge >= 0.3 is 0 Å². The number of unbranched alkanes of at least 4 members (excludes halogenated alkanes) is 12. The summed E-state index contributed by atoms with van der Waals surface area (Å²) < 4.78 is 5.31. The Balaban J connectivity index is 1.84. The van der Waals surface area contributed by atoms with Crippen molar-refractivity contribution < 1.29 is 20.1 Å². The van der Waals surface area contributed by atoms with Gasteiger partial charge in [-0.1, -0.05) is 76.9 Å². The van der Waals surface area contributed by atoms with Crippen LogP contribution in [0.4, 0.5) is 0 Å². The molecule has 156 valence electrons. The SMILES string of the molecule is CCCCCCCCC=CCCCCCCCCOc1c(O)[nH]c(O)c1O. The fourth-order valence-corrected chi connectivity index (χ4v) is 3.11. The molecule has 0 aromatic carbocycles. The Morgan fingerprint density at radius 3 is 1.74 bits per heavy atom. The Hall–Kier alpha value is -1.78. The molecule has 1 rings (SSSR count). The van der Waals surface area contributed by atoms with Gasteiger partial charge in [0.15, 0.2) is 0 Å². The summed E-state index contributed by atoms with van der Waals surface area (Å²) >= 11 is 0. The van der Waals surface area contributed by atoms with E-state index in [4.69, 9.17) is 4.74 Å². The third-order valence-corrected chi connectivity index (χ3v) is 4.79. The lowest BCUT2D eigenvalue weighted by Gasteiger charge is -2.05. The van der Waals surface area contributed by atoms with E-state index in [1.165, 1.54) is 77.0 Å². The van der Waals surface area contributed by atoms with Crippen LogP contribution in [0.1, 0.15) is 96.8 Å². The van der Waals surface area contributed by atoms with E-state index in [0.29, 0.717) is 6.61 Å². The summed E-state index contributed by atoms with van der Waals surface area (Å²) in [6.07, 6.45) is 22.1. The van der Waals surface area contributed by atoms with Gasteiger partial charge in [-0.25, -0.2) is 0 Å². The molecule has 27 heavy (non-hydrogen) atoms. The van der Waals surface area contributed by atoms with Gasteiger partial charge in [0.05, 0.1) is 6.61 Å². The molecule has 4 N–H and O–H groups in total. The summed E-state index contributed by atoms with van der Waals surface area (Å²) in [5.74, 6) is -1.31. The van der Waals surface area contributed by atoms with Crippen LogP contribution >= 0.6 is 0 Å². The first-order valence-electron chi connectivity index (χ1n) is 10.8. The predicted molar refractivity (Wildman–Crippen MR) is 111 cm³/mol. The number of rotatable bonds is 17. The molecule has 1 heterocycles. The zero-order valence-corrected chi connectivity index (χ0v) is 17.0. The van der Waals surface area contributed by atoms with Crippen molar-refractivity contribution in [3.63, 3.8) is 0 Å². The third-order valence-electron chi connectivity index (χ3n) is 4.79. The highest BCUT2D eigenvalue weighted by atomic mass is 16.5. The number of hydrogen-bond donors (Lipinski definition) is 4. The molecule has 0 atom stereocenters. The van der Waals surface area contributed by atoms with E-state index >= 15 is 0 Å². The number of aromatic nitrogens is 1. The highest BCUT2D eigenvalue weighted by molar-refractivity contribution is 5.53. The van der Waals surface area contributed by atoms with Gasteiger partial charge in [0.2, 0.25) is 23.3 Å². The molecular formula is C22H39NO4. The average molecular weight is 382 g/mol. The first-order chi connectivity index (χ1) is 13.2. The van der Waals surface area contributed by atoms with Gasteiger partial charge in [0.1, 0.15) is 0 Å². The molecule has 1 aromatic rings. The standard InChI is InChI=1S/C22H39NO4/c1-2-3-4-5-6-7-8-9-10-11-12-13-14-15-16-17-18-27-20-19(24)21(25)23-22(20)26/h9-10,23-26H,2-8,11-18H2,1H3. The molecule has 5 nitrogen and oxygen atoms in total. The van der Waals surface area contributed by atoms with Crippen LogP contribution in [-0.4, -0.2) is 26.9 Å². The van der Waals surface area contributed by atoms with Crippen LogP contribution < -0.4 is 4.74 Å². The molecule has 0 aliphatic heterocycles. The average Bonchev–Trinajstić information content (AvgIpc) is 2.90. The molecule has 0 amide bonds. The van der Waals surface area contributed by atoms with Crippen molar-refractivity contribution in [3.05, 3.63) is 12.2 Å². The van der Waals surface area contributed by atoms with E-state index in [1.807, 2.05) is 0 Å². The van der Waals surface area contributed by atoms with E-state index < -0.39 is 11.6 Å². The maximum absolute atomic E-state index is 9.48. The maximum Gasteiger partial charge on any atom is 0.239 e. The Kier molecular flexibility index (Phi) is 13.2. The smallest absolute Gasteiger partial charge is 0.239 e. The van der Waals surface area contributed by atoms with E-state index in [-0.39, 0.29) is 11.6 Å². The number of allylic oxidation sites excluding steroid dienone is 2. The quantitative estimate of drug-likeness (QED) is 0.182. The minimum absolute atomic E-state index is 0.0692. The Morgan fingerprint density at radius 2 is 1.22 bits per heavy atom. The van der Waals surface area contributed by atoms with Crippen molar-refractivity contribution >= 4 is 0 Å². The summed E-state index contributed by atoms with van der Waals surface area (Å²) in [5, 5.41) is 28.1. The van der Waals surface area contributed by atoms with E-state index in [0.717, 1.165) is 12.8 Å². The molecule has 0 unspecified atom stereocenters. The van der Waals surface area contributed by atoms with Gasteiger partial charge in [-0.15, -0.1) is 0 Å². The fraction of sp³-hybridized carbons (Fsp3) is 0.727. The van der Waals surface area contributed by atoms with Crippen LogP contribution in [0.5, 0.6) is 23.3 Å². The van der Waals surface area contributed by atoms with Crippen LogP contribution in [0.3, 0.4) is 0 Å². The number of ether oxygens (including phenoxy) is 1.